The van der Waals surface area contributed by atoms with Gasteiger partial charge in [-0.05, 0) is 78.7 Å². The van der Waals surface area contributed by atoms with E-state index >= 15 is 0 Å². The van der Waals surface area contributed by atoms with Gasteiger partial charge in [0.05, 0.1) is 27.2 Å². The van der Waals surface area contributed by atoms with Crippen LogP contribution in [-0.4, -0.2) is 17.7 Å². The molecular weight excluding hydrogens is 551 g/mol. The summed E-state index contributed by atoms with van der Waals surface area (Å²) in [5.74, 6) is 0.971. The van der Waals surface area contributed by atoms with Gasteiger partial charge in [0.25, 0.3) is 5.91 Å². The van der Waals surface area contributed by atoms with Crippen LogP contribution in [0.4, 0.5) is 5.69 Å². The van der Waals surface area contributed by atoms with Crippen molar-refractivity contribution in [2.45, 2.75) is 20.0 Å². The van der Waals surface area contributed by atoms with Crippen LogP contribution in [0.2, 0.25) is 15.1 Å². The minimum Gasteiger partial charge on any atom is -0.490 e. The first-order chi connectivity index (χ1) is 17.9. The van der Waals surface area contributed by atoms with Crippen molar-refractivity contribution < 1.29 is 14.3 Å². The highest BCUT2D eigenvalue weighted by Crippen LogP contribution is 2.38. The predicted octanol–water partition coefficient (Wildman–Crippen LogP) is 8.24. The molecule has 1 amide bonds. The Labute approximate surface area is 235 Å². The number of carbonyl (C=O) groups is 1. The van der Waals surface area contributed by atoms with Crippen LogP contribution in [0, 0.1) is 0 Å². The summed E-state index contributed by atoms with van der Waals surface area (Å²) in [5, 5.41) is 4.58. The van der Waals surface area contributed by atoms with Gasteiger partial charge in [-0.1, -0.05) is 59.1 Å². The van der Waals surface area contributed by atoms with E-state index in [2.05, 4.69) is 16.9 Å². The van der Waals surface area contributed by atoms with Crippen molar-refractivity contribution in [1.29, 1.82) is 0 Å². The lowest BCUT2D eigenvalue weighted by atomic mass is 10.0. The molecular formula is C28H23Cl3N2O3S. The van der Waals surface area contributed by atoms with Crippen molar-refractivity contribution in [2.24, 2.45) is 4.99 Å². The molecule has 37 heavy (non-hydrogen) atoms. The molecule has 1 aliphatic heterocycles. The van der Waals surface area contributed by atoms with Crippen LogP contribution in [-0.2, 0) is 17.8 Å². The summed E-state index contributed by atoms with van der Waals surface area (Å²) in [6.45, 7) is 6.59. The number of amidine groups is 1. The number of aliphatic imine (C=N–C) groups is 1. The van der Waals surface area contributed by atoms with Crippen molar-refractivity contribution >= 4 is 69.4 Å². The van der Waals surface area contributed by atoms with Crippen LogP contribution < -0.4 is 14.8 Å². The molecule has 3 aromatic carbocycles. The fourth-order valence-corrected chi connectivity index (χ4v) is 4.86. The Hall–Kier alpha value is -2.90. The van der Waals surface area contributed by atoms with Gasteiger partial charge in [-0.15, -0.1) is 6.58 Å². The number of allylic oxidation sites excluding steroid dienone is 1. The molecule has 0 atom stereocenters. The molecule has 9 heteroatoms. The molecule has 5 nitrogen and oxygen atoms in total. The van der Waals surface area contributed by atoms with E-state index in [9.17, 15) is 4.79 Å². The molecule has 0 aliphatic carbocycles. The Balaban J connectivity index is 1.63. The molecule has 1 fully saturated rings. The number of benzene rings is 3. The Kier molecular flexibility index (Phi) is 9.22. The second-order valence-corrected chi connectivity index (χ2v) is 10.2. The third-order valence-corrected chi connectivity index (χ3v) is 7.19. The van der Waals surface area contributed by atoms with Crippen LogP contribution in [0.15, 0.2) is 77.1 Å². The molecule has 0 bridgehead atoms. The number of halogens is 3. The average molecular weight is 574 g/mol. The number of hydrogen-bond donors (Lipinski definition) is 1. The van der Waals surface area contributed by atoms with E-state index in [-0.39, 0.29) is 5.91 Å². The second-order valence-electron chi connectivity index (χ2n) is 7.90. The predicted molar refractivity (Wildman–Crippen MR) is 155 cm³/mol. The van der Waals surface area contributed by atoms with E-state index in [1.54, 1.807) is 30.4 Å². The van der Waals surface area contributed by atoms with Gasteiger partial charge in [0.15, 0.2) is 16.7 Å². The van der Waals surface area contributed by atoms with Gasteiger partial charge in [0.1, 0.15) is 6.61 Å². The molecule has 1 heterocycles. The lowest BCUT2D eigenvalue weighted by Gasteiger charge is -2.17. The van der Waals surface area contributed by atoms with Crippen molar-refractivity contribution in [3.05, 3.63) is 104 Å². The summed E-state index contributed by atoms with van der Waals surface area (Å²) < 4.78 is 12.1. The number of nitrogens with one attached hydrogen (secondary N) is 1. The zero-order chi connectivity index (χ0) is 26.4. The quantitative estimate of drug-likeness (QED) is 0.207. The molecule has 0 aromatic heterocycles. The summed E-state index contributed by atoms with van der Waals surface area (Å²) in [5.41, 5.74) is 3.14. The van der Waals surface area contributed by atoms with Gasteiger partial charge in [-0.3, -0.25) is 4.79 Å². The van der Waals surface area contributed by atoms with Crippen molar-refractivity contribution in [1.82, 2.24) is 5.32 Å². The summed E-state index contributed by atoms with van der Waals surface area (Å²) in [6.07, 6.45) is 4.15. The van der Waals surface area contributed by atoms with E-state index in [0.29, 0.717) is 62.0 Å². The number of nitrogens with zero attached hydrogens (tertiary/aromatic N) is 1. The Morgan fingerprint density at radius 3 is 2.59 bits per heavy atom. The molecule has 0 unspecified atom stereocenters. The molecule has 1 saturated heterocycles. The van der Waals surface area contributed by atoms with Crippen LogP contribution in [0.1, 0.15) is 23.6 Å². The first kappa shape index (κ1) is 27.1. The van der Waals surface area contributed by atoms with Crippen LogP contribution in [0.5, 0.6) is 11.5 Å². The van der Waals surface area contributed by atoms with Gasteiger partial charge in [-0.2, -0.15) is 0 Å². The summed E-state index contributed by atoms with van der Waals surface area (Å²) >= 11 is 19.5. The third kappa shape index (κ3) is 6.90. The van der Waals surface area contributed by atoms with Crippen LogP contribution in [0.25, 0.3) is 6.08 Å². The highest BCUT2D eigenvalue weighted by Gasteiger charge is 2.25. The summed E-state index contributed by atoms with van der Waals surface area (Å²) in [4.78, 5) is 17.6. The van der Waals surface area contributed by atoms with E-state index in [1.807, 2.05) is 43.3 Å². The maximum absolute atomic E-state index is 12.7. The minimum absolute atomic E-state index is 0.256. The molecule has 0 saturated carbocycles. The number of ether oxygens (including phenoxy) is 2. The first-order valence-electron chi connectivity index (χ1n) is 11.4. The third-order valence-electron chi connectivity index (χ3n) is 5.22. The van der Waals surface area contributed by atoms with Crippen molar-refractivity contribution in [3.8, 4) is 11.5 Å². The van der Waals surface area contributed by atoms with Gasteiger partial charge in [0.2, 0.25) is 0 Å². The molecule has 0 spiro atoms. The molecule has 1 aliphatic rings. The normalized spacial score (nSPS) is 15.2. The summed E-state index contributed by atoms with van der Waals surface area (Å²) in [6, 6.07) is 16.5. The molecule has 1 N–H and O–H groups in total. The number of rotatable bonds is 9. The lowest BCUT2D eigenvalue weighted by Crippen LogP contribution is -2.19. The van der Waals surface area contributed by atoms with Gasteiger partial charge >= 0.3 is 0 Å². The van der Waals surface area contributed by atoms with Crippen LogP contribution >= 0.6 is 46.6 Å². The fraction of sp³-hybridized carbons (Fsp3) is 0.143. The fourth-order valence-electron chi connectivity index (χ4n) is 3.56. The SMILES string of the molecule is C=CCc1cc(/C=C2\SC(=Nc3cccc(Cl)c3Cl)NC2=O)cc(OCC)c1OCc1ccc(Cl)cc1. The number of thioether (sulfide) groups is 1. The Bertz CT molecular complexity index is 1390. The van der Waals surface area contributed by atoms with E-state index in [4.69, 9.17) is 44.3 Å². The van der Waals surface area contributed by atoms with Gasteiger partial charge in [0, 0.05) is 10.6 Å². The zero-order valence-electron chi connectivity index (χ0n) is 19.9. The second kappa shape index (κ2) is 12.6. The Morgan fingerprint density at radius 1 is 1.08 bits per heavy atom. The Morgan fingerprint density at radius 2 is 1.86 bits per heavy atom. The number of hydrogen-bond acceptors (Lipinski definition) is 5. The standard InChI is InChI=1S/C28H23Cl3N2O3S/c1-3-6-19-13-18(14-23(35-4-2)26(19)36-16-17-9-11-20(29)12-10-17)15-24-27(34)33-28(37-24)32-22-8-5-7-21(30)25(22)31/h3,5,7-15H,1,4,6,16H2,2H3,(H,32,33,34)/b24-15-. The number of amides is 1. The van der Waals surface area contributed by atoms with E-state index in [1.165, 1.54) is 11.8 Å². The maximum atomic E-state index is 12.7. The average Bonchev–Trinajstić information content (AvgIpc) is 3.21. The van der Waals surface area contributed by atoms with Crippen molar-refractivity contribution in [3.63, 3.8) is 0 Å². The summed E-state index contributed by atoms with van der Waals surface area (Å²) in [7, 11) is 0. The van der Waals surface area contributed by atoms with E-state index in [0.717, 1.165) is 16.7 Å². The highest BCUT2D eigenvalue weighted by atomic mass is 35.5. The monoisotopic (exact) mass is 572 g/mol. The molecule has 3 aromatic rings. The zero-order valence-corrected chi connectivity index (χ0v) is 23.0. The molecule has 0 radical (unpaired) electrons. The van der Waals surface area contributed by atoms with Gasteiger partial charge in [-0.25, -0.2) is 4.99 Å². The first-order valence-corrected chi connectivity index (χ1v) is 13.3. The largest absolute Gasteiger partial charge is 0.490 e. The highest BCUT2D eigenvalue weighted by molar-refractivity contribution is 8.18. The molecule has 4 rings (SSSR count). The topological polar surface area (TPSA) is 59.9 Å². The van der Waals surface area contributed by atoms with E-state index < -0.39 is 0 Å². The minimum atomic E-state index is -0.256. The van der Waals surface area contributed by atoms with Crippen LogP contribution in [0.3, 0.4) is 0 Å². The lowest BCUT2D eigenvalue weighted by molar-refractivity contribution is -0.115. The smallest absolute Gasteiger partial charge is 0.264 e. The molecule has 190 valence electrons. The van der Waals surface area contributed by atoms with Crippen molar-refractivity contribution in [2.75, 3.05) is 6.61 Å². The number of carbonyl (C=O) groups excluding carboxylic acids is 1. The maximum Gasteiger partial charge on any atom is 0.264 e. The van der Waals surface area contributed by atoms with Gasteiger partial charge < -0.3 is 14.8 Å².